The number of rotatable bonds is 13. The van der Waals surface area contributed by atoms with Gasteiger partial charge >= 0.3 is 0 Å². The zero-order valence-electron chi connectivity index (χ0n) is 21.7. The molecule has 3 rings (SSSR count). The molecule has 1 aliphatic heterocycles. The molecule has 0 fully saturated rings. The second-order valence-corrected chi connectivity index (χ2v) is 10.7. The van der Waals surface area contributed by atoms with Crippen molar-refractivity contribution in [1.82, 2.24) is 10.2 Å². The number of fused-ring (bicyclic) bond motifs is 1. The summed E-state index contributed by atoms with van der Waals surface area (Å²) in [6.45, 7) is 4.04. The molecule has 11 heteroatoms. The van der Waals surface area contributed by atoms with Crippen LogP contribution in [0.4, 0.5) is 5.69 Å². The van der Waals surface area contributed by atoms with Gasteiger partial charge in [-0.25, -0.2) is 8.42 Å². The van der Waals surface area contributed by atoms with E-state index < -0.39 is 28.5 Å². The average molecular weight is 534 g/mol. The van der Waals surface area contributed by atoms with Gasteiger partial charge in [0.05, 0.1) is 19.1 Å². The summed E-state index contributed by atoms with van der Waals surface area (Å²) in [4.78, 5) is 28.2. The molecule has 0 saturated carbocycles. The lowest BCUT2D eigenvalue weighted by atomic mass is 10.1. The first-order valence-corrected chi connectivity index (χ1v) is 14.1. The van der Waals surface area contributed by atoms with Crippen molar-refractivity contribution in [2.45, 2.75) is 45.7 Å². The molecule has 37 heavy (non-hydrogen) atoms. The Morgan fingerprint density at radius 3 is 2.41 bits per heavy atom. The van der Waals surface area contributed by atoms with Crippen molar-refractivity contribution in [3.8, 4) is 17.2 Å². The van der Waals surface area contributed by atoms with Gasteiger partial charge in [-0.1, -0.05) is 32.4 Å². The van der Waals surface area contributed by atoms with Gasteiger partial charge in [0.15, 0.2) is 11.5 Å². The van der Waals surface area contributed by atoms with E-state index in [2.05, 4.69) is 5.32 Å². The molecule has 0 spiro atoms. The fourth-order valence-electron chi connectivity index (χ4n) is 4.01. The van der Waals surface area contributed by atoms with Crippen LogP contribution in [0.3, 0.4) is 0 Å². The van der Waals surface area contributed by atoms with Crippen molar-refractivity contribution >= 4 is 27.5 Å². The molecule has 1 aliphatic rings. The van der Waals surface area contributed by atoms with Crippen molar-refractivity contribution in [2.24, 2.45) is 0 Å². The Morgan fingerprint density at radius 1 is 1.08 bits per heavy atom. The Balaban J connectivity index is 1.91. The quantitative estimate of drug-likeness (QED) is 0.394. The minimum absolute atomic E-state index is 0.0392. The number of sulfonamides is 1. The highest BCUT2D eigenvalue weighted by Crippen LogP contribution is 2.36. The highest BCUT2D eigenvalue weighted by Gasteiger charge is 2.32. The number of anilines is 1. The average Bonchev–Trinajstić information content (AvgIpc) is 3.35. The number of hydrogen-bond acceptors (Lipinski definition) is 7. The lowest BCUT2D eigenvalue weighted by molar-refractivity contribution is -0.140. The Labute approximate surface area is 218 Å². The Bertz CT molecular complexity index is 1190. The van der Waals surface area contributed by atoms with Gasteiger partial charge in [0.2, 0.25) is 28.6 Å². The molecule has 1 N–H and O–H groups in total. The molecule has 0 aromatic heterocycles. The van der Waals surface area contributed by atoms with Crippen molar-refractivity contribution in [3.05, 3.63) is 48.0 Å². The smallest absolute Gasteiger partial charge is 0.244 e. The van der Waals surface area contributed by atoms with E-state index in [0.717, 1.165) is 29.0 Å². The van der Waals surface area contributed by atoms with Crippen molar-refractivity contribution in [1.29, 1.82) is 0 Å². The van der Waals surface area contributed by atoms with Crippen LogP contribution in [0.5, 0.6) is 17.2 Å². The number of hydrogen-bond donors (Lipinski definition) is 1. The minimum Gasteiger partial charge on any atom is -0.497 e. The number of amides is 2. The first-order chi connectivity index (χ1) is 17.7. The molecule has 0 radical (unpaired) electrons. The maximum absolute atomic E-state index is 13.7. The van der Waals surface area contributed by atoms with Gasteiger partial charge in [0.1, 0.15) is 18.3 Å². The summed E-state index contributed by atoms with van der Waals surface area (Å²) in [6, 6.07) is 11.1. The number of methoxy groups -OCH3 is 1. The van der Waals surface area contributed by atoms with Crippen LogP contribution in [0.15, 0.2) is 42.5 Å². The van der Waals surface area contributed by atoms with Gasteiger partial charge in [-0.05, 0) is 42.7 Å². The van der Waals surface area contributed by atoms with E-state index in [9.17, 15) is 18.0 Å². The second-order valence-electron chi connectivity index (χ2n) is 8.75. The van der Waals surface area contributed by atoms with E-state index in [4.69, 9.17) is 14.2 Å². The van der Waals surface area contributed by atoms with E-state index in [-0.39, 0.29) is 24.9 Å². The lowest BCUT2D eigenvalue weighted by Gasteiger charge is -2.33. The van der Waals surface area contributed by atoms with E-state index in [1.165, 1.54) is 11.0 Å². The van der Waals surface area contributed by atoms with Crippen molar-refractivity contribution in [2.75, 3.05) is 37.6 Å². The molecular formula is C26H35N3O7S. The molecular weight excluding hydrogens is 498 g/mol. The van der Waals surface area contributed by atoms with Crippen LogP contribution in [-0.4, -0.2) is 64.4 Å². The van der Waals surface area contributed by atoms with E-state index in [1.54, 1.807) is 31.4 Å². The number of nitrogens with zero attached hydrogens (tertiary/aromatic N) is 2. The third-order valence-electron chi connectivity index (χ3n) is 6.05. The molecule has 0 saturated heterocycles. The van der Waals surface area contributed by atoms with Gasteiger partial charge in [-0.15, -0.1) is 0 Å². The summed E-state index contributed by atoms with van der Waals surface area (Å²) < 4.78 is 42.4. The zero-order chi connectivity index (χ0) is 27.0. The van der Waals surface area contributed by atoms with E-state index in [1.807, 2.05) is 26.0 Å². The fourth-order valence-corrected chi connectivity index (χ4v) is 4.85. The maximum Gasteiger partial charge on any atom is 0.244 e. The summed E-state index contributed by atoms with van der Waals surface area (Å²) in [5.74, 6) is 0.787. The molecule has 2 aromatic carbocycles. The number of benzene rings is 2. The van der Waals surface area contributed by atoms with Crippen molar-refractivity contribution in [3.63, 3.8) is 0 Å². The van der Waals surface area contributed by atoms with Gasteiger partial charge in [-0.2, -0.15) is 0 Å². The Kier molecular flexibility index (Phi) is 9.62. The number of ether oxygens (including phenoxy) is 3. The highest BCUT2D eigenvalue weighted by molar-refractivity contribution is 7.92. The molecule has 0 bridgehead atoms. The van der Waals surface area contributed by atoms with E-state index in [0.29, 0.717) is 30.2 Å². The van der Waals surface area contributed by atoms with Gasteiger partial charge in [-0.3, -0.25) is 13.9 Å². The van der Waals surface area contributed by atoms with Gasteiger partial charge in [0.25, 0.3) is 0 Å². The second kappa shape index (κ2) is 12.7. The van der Waals surface area contributed by atoms with Crippen LogP contribution in [0, 0.1) is 0 Å². The normalized spacial score (nSPS) is 13.1. The van der Waals surface area contributed by atoms with Gasteiger partial charge < -0.3 is 24.4 Å². The van der Waals surface area contributed by atoms with E-state index >= 15 is 0 Å². The van der Waals surface area contributed by atoms with Crippen molar-refractivity contribution < 1.29 is 32.2 Å². The Hall–Kier alpha value is -3.47. The molecule has 1 heterocycles. The molecule has 0 aliphatic carbocycles. The zero-order valence-corrected chi connectivity index (χ0v) is 22.5. The number of carbonyl (C=O) groups excluding carboxylic acids is 2. The molecule has 10 nitrogen and oxygen atoms in total. The fraction of sp³-hybridized carbons (Fsp3) is 0.462. The Morgan fingerprint density at radius 2 is 1.78 bits per heavy atom. The molecule has 0 unspecified atom stereocenters. The molecule has 1 atom stereocenters. The first kappa shape index (κ1) is 28.1. The summed E-state index contributed by atoms with van der Waals surface area (Å²) in [5, 5.41) is 2.90. The van der Waals surface area contributed by atoms with Gasteiger partial charge in [0, 0.05) is 19.2 Å². The van der Waals surface area contributed by atoms with Crippen LogP contribution < -0.4 is 23.8 Å². The molecule has 2 aromatic rings. The summed E-state index contributed by atoms with van der Waals surface area (Å²) in [6.07, 6.45) is 3.14. The van der Waals surface area contributed by atoms with Crippen LogP contribution >= 0.6 is 0 Å². The monoisotopic (exact) mass is 533 g/mol. The topological polar surface area (TPSA) is 114 Å². The molecule has 202 valence electrons. The predicted octanol–water partition coefficient (Wildman–Crippen LogP) is 2.91. The first-order valence-electron chi connectivity index (χ1n) is 12.2. The number of carbonyl (C=O) groups is 2. The summed E-state index contributed by atoms with van der Waals surface area (Å²) in [7, 11) is -2.28. The largest absolute Gasteiger partial charge is 0.497 e. The third kappa shape index (κ3) is 7.28. The standard InChI is InChI=1S/C26H35N3O7S/c1-5-7-14-27-26(31)22(6-2)28(16-19-8-11-21(34-3)12-9-19)25(30)17-29(37(4,32)33)20-10-13-23-24(15-20)36-18-35-23/h8-13,15,22H,5-7,14,16-18H2,1-4H3,(H,27,31)/t22-/m1/s1. The maximum atomic E-state index is 13.7. The minimum atomic E-state index is -3.84. The highest BCUT2D eigenvalue weighted by atomic mass is 32.2. The number of nitrogens with one attached hydrogen (secondary N) is 1. The third-order valence-corrected chi connectivity index (χ3v) is 7.19. The number of unbranched alkanes of at least 4 members (excludes halogenated alkanes) is 1. The van der Waals surface area contributed by atoms with Crippen LogP contribution in [0.25, 0.3) is 0 Å². The predicted molar refractivity (Wildman–Crippen MR) is 140 cm³/mol. The van der Waals surface area contributed by atoms with Crippen LogP contribution in [0.1, 0.15) is 38.7 Å². The summed E-state index contributed by atoms with van der Waals surface area (Å²) in [5.41, 5.74) is 1.05. The molecule has 2 amide bonds. The van der Waals surface area contributed by atoms with Crippen LogP contribution in [0.2, 0.25) is 0 Å². The SMILES string of the molecule is CCCCNC(=O)[C@@H](CC)N(Cc1ccc(OC)cc1)C(=O)CN(c1ccc2c(c1)OCO2)S(C)(=O)=O. The lowest BCUT2D eigenvalue weighted by Crippen LogP contribution is -2.52. The summed E-state index contributed by atoms with van der Waals surface area (Å²) >= 11 is 0. The van der Waals surface area contributed by atoms with Crippen LogP contribution in [-0.2, 0) is 26.2 Å².